The zero-order valence-corrected chi connectivity index (χ0v) is 11.3. The van der Waals surface area contributed by atoms with Crippen molar-refractivity contribution in [2.45, 2.75) is 19.3 Å². The van der Waals surface area contributed by atoms with Crippen molar-refractivity contribution < 1.29 is 4.79 Å². The van der Waals surface area contributed by atoms with Gasteiger partial charge in [0.25, 0.3) is 0 Å². The lowest BCUT2D eigenvalue weighted by Gasteiger charge is -2.12. The minimum atomic E-state index is -0.0222. The molecule has 3 nitrogen and oxygen atoms in total. The summed E-state index contributed by atoms with van der Waals surface area (Å²) in [5.74, 6) is 0.153. The Morgan fingerprint density at radius 2 is 1.80 bits per heavy atom. The summed E-state index contributed by atoms with van der Waals surface area (Å²) in [6, 6.07) is 18.9. The van der Waals surface area contributed by atoms with Crippen LogP contribution in [-0.4, -0.2) is 5.91 Å². The molecule has 2 aromatic rings. The van der Waals surface area contributed by atoms with E-state index in [1.165, 1.54) is 0 Å². The fraction of sp³-hybridized carbons (Fsp3) is 0.176. The van der Waals surface area contributed by atoms with E-state index in [4.69, 9.17) is 5.26 Å². The molecule has 20 heavy (non-hydrogen) atoms. The average molecular weight is 264 g/mol. The minimum absolute atomic E-state index is 0.0222. The lowest BCUT2D eigenvalue weighted by Crippen LogP contribution is -2.14. The van der Waals surface area contributed by atoms with Crippen LogP contribution in [0.25, 0.3) is 0 Å². The van der Waals surface area contributed by atoms with Crippen molar-refractivity contribution in [3.8, 4) is 6.07 Å². The van der Waals surface area contributed by atoms with Crippen molar-refractivity contribution in [3.63, 3.8) is 0 Å². The first kappa shape index (κ1) is 13.8. The lowest BCUT2D eigenvalue weighted by molar-refractivity contribution is -0.116. The number of hydrogen-bond acceptors (Lipinski definition) is 2. The molecule has 2 rings (SSSR count). The van der Waals surface area contributed by atoms with Gasteiger partial charge in [-0.2, -0.15) is 5.26 Å². The molecule has 0 fully saturated rings. The molecule has 1 amide bonds. The maximum absolute atomic E-state index is 12.0. The predicted octanol–water partition coefficient (Wildman–Crippen LogP) is 3.69. The van der Waals surface area contributed by atoms with Crippen LogP contribution >= 0.6 is 0 Å². The number of amides is 1. The first-order valence-corrected chi connectivity index (χ1v) is 6.54. The number of nitrogens with zero attached hydrogens (tertiary/aromatic N) is 1. The molecule has 0 saturated carbocycles. The molecule has 0 aliphatic heterocycles. The molecule has 0 aliphatic rings. The van der Waals surface area contributed by atoms with E-state index in [1.807, 2.05) is 43.3 Å². The highest BCUT2D eigenvalue weighted by atomic mass is 16.1. The van der Waals surface area contributed by atoms with Crippen LogP contribution in [0, 0.1) is 11.3 Å². The molecular formula is C17H16N2O. The minimum Gasteiger partial charge on any atom is -0.326 e. The van der Waals surface area contributed by atoms with Crippen LogP contribution in [-0.2, 0) is 4.79 Å². The Labute approximate surface area is 118 Å². The molecule has 0 heterocycles. The van der Waals surface area contributed by atoms with Gasteiger partial charge in [0.2, 0.25) is 5.91 Å². The van der Waals surface area contributed by atoms with Crippen LogP contribution in [0.15, 0.2) is 54.6 Å². The Balaban J connectivity index is 1.93. The van der Waals surface area contributed by atoms with Crippen molar-refractivity contribution in [2.24, 2.45) is 0 Å². The summed E-state index contributed by atoms with van der Waals surface area (Å²) in [5, 5.41) is 11.6. The molecule has 0 radical (unpaired) electrons. The smallest absolute Gasteiger partial charge is 0.224 e. The molecule has 0 aromatic heterocycles. The maximum Gasteiger partial charge on any atom is 0.224 e. The molecule has 2 aromatic carbocycles. The number of nitriles is 1. The van der Waals surface area contributed by atoms with Crippen LogP contribution in [0.3, 0.4) is 0 Å². The standard InChI is InChI=1S/C17H16N2O/c1-13(15-5-3-2-4-6-15)11-17(20)19-16-9-7-14(12-18)8-10-16/h2-10,13H,11H2,1H3,(H,19,20)/t13-/m0/s1. The van der Waals surface area contributed by atoms with E-state index in [-0.39, 0.29) is 11.8 Å². The van der Waals surface area contributed by atoms with Crippen molar-refractivity contribution in [2.75, 3.05) is 5.32 Å². The monoisotopic (exact) mass is 264 g/mol. The predicted molar refractivity (Wildman–Crippen MR) is 79.3 cm³/mol. The zero-order chi connectivity index (χ0) is 14.4. The van der Waals surface area contributed by atoms with E-state index in [2.05, 4.69) is 5.32 Å². The third-order valence-corrected chi connectivity index (χ3v) is 3.16. The van der Waals surface area contributed by atoms with E-state index in [9.17, 15) is 4.79 Å². The number of carbonyl (C=O) groups excluding carboxylic acids is 1. The van der Waals surface area contributed by atoms with Crippen molar-refractivity contribution in [1.29, 1.82) is 5.26 Å². The molecule has 0 aliphatic carbocycles. The maximum atomic E-state index is 12.0. The normalized spacial score (nSPS) is 11.4. The highest BCUT2D eigenvalue weighted by Crippen LogP contribution is 2.19. The topological polar surface area (TPSA) is 52.9 Å². The molecular weight excluding hydrogens is 248 g/mol. The van der Waals surface area contributed by atoms with Gasteiger partial charge in [-0.1, -0.05) is 37.3 Å². The van der Waals surface area contributed by atoms with Crippen molar-refractivity contribution in [1.82, 2.24) is 0 Å². The Kier molecular flexibility index (Phi) is 4.52. The van der Waals surface area contributed by atoms with Gasteiger partial charge in [0.15, 0.2) is 0 Å². The second-order valence-corrected chi connectivity index (χ2v) is 4.75. The largest absolute Gasteiger partial charge is 0.326 e. The second-order valence-electron chi connectivity index (χ2n) is 4.75. The highest BCUT2D eigenvalue weighted by Gasteiger charge is 2.11. The molecule has 3 heteroatoms. The van der Waals surface area contributed by atoms with Crippen LogP contribution in [0.4, 0.5) is 5.69 Å². The Morgan fingerprint density at radius 1 is 1.15 bits per heavy atom. The number of hydrogen-bond donors (Lipinski definition) is 1. The van der Waals surface area contributed by atoms with Gasteiger partial charge in [0, 0.05) is 12.1 Å². The van der Waals surface area contributed by atoms with Gasteiger partial charge in [-0.15, -0.1) is 0 Å². The highest BCUT2D eigenvalue weighted by molar-refractivity contribution is 5.91. The summed E-state index contributed by atoms with van der Waals surface area (Å²) >= 11 is 0. The summed E-state index contributed by atoms with van der Waals surface area (Å²) in [5.41, 5.74) is 2.46. The SMILES string of the molecule is C[C@@H](CC(=O)Nc1ccc(C#N)cc1)c1ccccc1. The fourth-order valence-electron chi connectivity index (χ4n) is 2.02. The quantitative estimate of drug-likeness (QED) is 0.915. The third-order valence-electron chi connectivity index (χ3n) is 3.16. The number of nitrogens with one attached hydrogen (secondary N) is 1. The first-order chi connectivity index (χ1) is 9.69. The fourth-order valence-corrected chi connectivity index (χ4v) is 2.02. The van der Waals surface area contributed by atoms with Gasteiger partial charge in [0.1, 0.15) is 0 Å². The second kappa shape index (κ2) is 6.53. The zero-order valence-electron chi connectivity index (χ0n) is 11.3. The van der Waals surface area contributed by atoms with Gasteiger partial charge in [-0.25, -0.2) is 0 Å². The van der Waals surface area contributed by atoms with E-state index in [0.717, 1.165) is 5.56 Å². The number of rotatable bonds is 4. The van der Waals surface area contributed by atoms with Gasteiger partial charge in [-0.05, 0) is 35.7 Å². The molecule has 1 atom stereocenters. The van der Waals surface area contributed by atoms with Gasteiger partial charge in [0.05, 0.1) is 11.6 Å². The van der Waals surface area contributed by atoms with Gasteiger partial charge in [-0.3, -0.25) is 4.79 Å². The molecule has 0 spiro atoms. The van der Waals surface area contributed by atoms with Crippen molar-refractivity contribution in [3.05, 3.63) is 65.7 Å². The summed E-state index contributed by atoms with van der Waals surface area (Å²) in [6.07, 6.45) is 0.435. The molecule has 1 N–H and O–H groups in total. The number of carbonyl (C=O) groups is 1. The Hall–Kier alpha value is -2.60. The van der Waals surface area contributed by atoms with Crippen LogP contribution in [0.2, 0.25) is 0 Å². The van der Waals surface area contributed by atoms with Crippen LogP contribution < -0.4 is 5.32 Å². The summed E-state index contributed by atoms with van der Waals surface area (Å²) in [6.45, 7) is 2.04. The van der Waals surface area contributed by atoms with E-state index in [1.54, 1.807) is 24.3 Å². The van der Waals surface area contributed by atoms with E-state index in [0.29, 0.717) is 17.7 Å². The number of anilines is 1. The van der Waals surface area contributed by atoms with Crippen molar-refractivity contribution >= 4 is 11.6 Å². The third kappa shape index (κ3) is 3.69. The molecule has 100 valence electrons. The lowest BCUT2D eigenvalue weighted by atomic mass is 9.97. The summed E-state index contributed by atoms with van der Waals surface area (Å²) in [4.78, 5) is 12.0. The van der Waals surface area contributed by atoms with Gasteiger partial charge >= 0.3 is 0 Å². The Morgan fingerprint density at radius 3 is 2.40 bits per heavy atom. The molecule has 0 unspecified atom stereocenters. The van der Waals surface area contributed by atoms with Crippen LogP contribution in [0.5, 0.6) is 0 Å². The first-order valence-electron chi connectivity index (χ1n) is 6.54. The van der Waals surface area contributed by atoms with Gasteiger partial charge < -0.3 is 5.32 Å². The number of benzene rings is 2. The average Bonchev–Trinajstić information content (AvgIpc) is 2.49. The Bertz CT molecular complexity index is 612. The van der Waals surface area contributed by atoms with E-state index >= 15 is 0 Å². The van der Waals surface area contributed by atoms with Crippen LogP contribution in [0.1, 0.15) is 30.4 Å². The molecule has 0 bridgehead atoms. The molecule has 0 saturated heterocycles. The van der Waals surface area contributed by atoms with E-state index < -0.39 is 0 Å². The summed E-state index contributed by atoms with van der Waals surface area (Å²) in [7, 11) is 0. The summed E-state index contributed by atoms with van der Waals surface area (Å²) < 4.78 is 0.